The van der Waals surface area contributed by atoms with Gasteiger partial charge in [-0.3, -0.25) is 4.98 Å². The number of nitrogens with zero attached hydrogens (tertiary/aromatic N) is 6. The van der Waals surface area contributed by atoms with Gasteiger partial charge in [-0.25, -0.2) is 0 Å². The first-order valence-electron chi connectivity index (χ1n) is 5.88. The highest BCUT2D eigenvalue weighted by molar-refractivity contribution is 5.84. The zero-order chi connectivity index (χ0) is 16.1. The summed E-state index contributed by atoms with van der Waals surface area (Å²) < 4.78 is 0. The maximum Gasteiger partial charge on any atom is 0.102 e. The molecule has 0 amide bonds. The van der Waals surface area contributed by atoms with Crippen LogP contribution in [0.4, 0.5) is 0 Å². The van der Waals surface area contributed by atoms with Gasteiger partial charge in [0, 0.05) is 18.0 Å². The van der Waals surface area contributed by atoms with Crippen LogP contribution in [-0.4, -0.2) is 4.98 Å². The Hall–Kier alpha value is -4.18. The van der Waals surface area contributed by atoms with Crippen LogP contribution in [0.1, 0.15) is 27.8 Å². The van der Waals surface area contributed by atoms with Crippen LogP contribution in [0.2, 0.25) is 0 Å². The Kier molecular flexibility index (Phi) is 3.79. The minimum atomic E-state index is -0.254. The Morgan fingerprint density at radius 3 is 1.32 bits per heavy atom. The molecule has 0 aliphatic heterocycles. The van der Waals surface area contributed by atoms with Crippen molar-refractivity contribution in [1.82, 2.24) is 4.98 Å². The lowest BCUT2D eigenvalue weighted by Crippen LogP contribution is -2.03. The molecule has 6 heteroatoms. The van der Waals surface area contributed by atoms with E-state index in [1.807, 2.05) is 12.1 Å². The molecule has 22 heavy (non-hydrogen) atoms. The molecule has 1 aromatic carbocycles. The predicted molar refractivity (Wildman–Crippen MR) is 73.2 cm³/mol. The number of rotatable bonds is 1. The summed E-state index contributed by atoms with van der Waals surface area (Å²) in [5.74, 6) is 0. The first-order chi connectivity index (χ1) is 10.7. The van der Waals surface area contributed by atoms with Gasteiger partial charge >= 0.3 is 0 Å². The number of nitriles is 5. The summed E-state index contributed by atoms with van der Waals surface area (Å²) >= 11 is 0. The zero-order valence-corrected chi connectivity index (χ0v) is 11.0. The second kappa shape index (κ2) is 5.85. The summed E-state index contributed by atoms with van der Waals surface area (Å²) in [4.78, 5) is 3.85. The molecule has 0 unspecified atom stereocenters. The van der Waals surface area contributed by atoms with Crippen molar-refractivity contribution in [2.24, 2.45) is 0 Å². The predicted octanol–water partition coefficient (Wildman–Crippen LogP) is 2.11. The van der Waals surface area contributed by atoms with Crippen LogP contribution >= 0.6 is 0 Å². The Morgan fingerprint density at radius 2 is 0.955 bits per heavy atom. The minimum absolute atomic E-state index is 0.0965. The van der Waals surface area contributed by atoms with E-state index in [9.17, 15) is 26.3 Å². The van der Waals surface area contributed by atoms with Gasteiger partial charge in [-0.1, -0.05) is 0 Å². The molecule has 0 aliphatic rings. The van der Waals surface area contributed by atoms with Crippen molar-refractivity contribution in [3.05, 3.63) is 52.3 Å². The summed E-state index contributed by atoms with van der Waals surface area (Å²) in [6.07, 6.45) is 2.93. The second-order valence-electron chi connectivity index (χ2n) is 4.04. The molecular formula is C16H4N6. The summed E-state index contributed by atoms with van der Waals surface area (Å²) in [6, 6.07) is 12.1. The van der Waals surface area contributed by atoms with Gasteiger partial charge in [-0.15, -0.1) is 0 Å². The van der Waals surface area contributed by atoms with Gasteiger partial charge in [-0.05, 0) is 17.7 Å². The molecule has 0 N–H and O–H groups in total. The maximum atomic E-state index is 9.38. The molecule has 0 atom stereocenters. The van der Waals surface area contributed by atoms with E-state index >= 15 is 0 Å². The lowest BCUT2D eigenvalue weighted by atomic mass is 9.85. The van der Waals surface area contributed by atoms with Crippen molar-refractivity contribution in [3.8, 4) is 41.5 Å². The number of pyridine rings is 1. The Morgan fingerprint density at radius 1 is 0.591 bits per heavy atom. The van der Waals surface area contributed by atoms with E-state index in [2.05, 4.69) is 4.98 Å². The van der Waals surface area contributed by atoms with Crippen LogP contribution in [0.3, 0.4) is 0 Å². The Labute approximate surface area is 125 Å². The van der Waals surface area contributed by atoms with Gasteiger partial charge in [0.1, 0.15) is 30.3 Å². The number of hydrogen-bond donors (Lipinski definition) is 0. The van der Waals surface area contributed by atoms with E-state index in [0.717, 1.165) is 0 Å². The van der Waals surface area contributed by atoms with Crippen LogP contribution in [-0.2, 0) is 0 Å². The SMILES string of the molecule is N#Cc1c(C#N)c(C#N)c(-c2ccncc2)c(C#N)c1C#N. The molecule has 0 aliphatic carbocycles. The van der Waals surface area contributed by atoms with E-state index in [1.54, 1.807) is 30.3 Å². The highest BCUT2D eigenvalue weighted by atomic mass is 14.6. The van der Waals surface area contributed by atoms with Gasteiger partial charge in [0.2, 0.25) is 0 Å². The van der Waals surface area contributed by atoms with Crippen molar-refractivity contribution >= 4 is 0 Å². The van der Waals surface area contributed by atoms with E-state index in [-0.39, 0.29) is 33.4 Å². The number of benzene rings is 1. The normalized spacial score (nSPS) is 8.68. The maximum absolute atomic E-state index is 9.38. The average Bonchev–Trinajstić information content (AvgIpc) is 2.59. The van der Waals surface area contributed by atoms with Crippen LogP contribution in [0.15, 0.2) is 24.5 Å². The van der Waals surface area contributed by atoms with Gasteiger partial charge in [0.15, 0.2) is 0 Å². The average molecular weight is 280 g/mol. The summed E-state index contributed by atoms with van der Waals surface area (Å²) in [6.45, 7) is 0. The summed E-state index contributed by atoms with van der Waals surface area (Å²) in [5.41, 5.74) is -0.211. The molecule has 0 saturated carbocycles. The monoisotopic (exact) mass is 280 g/mol. The first-order valence-corrected chi connectivity index (χ1v) is 5.88. The molecule has 0 saturated heterocycles. The molecule has 2 rings (SSSR count). The standard InChI is InChI=1S/C16H4N6/c17-5-11-12(6-18)14(8-20)16(10-1-3-22-4-2-10)15(9-21)13(11)7-19/h1-4H. The van der Waals surface area contributed by atoms with E-state index in [4.69, 9.17) is 0 Å². The molecule has 2 aromatic rings. The first kappa shape index (κ1) is 14.2. The van der Waals surface area contributed by atoms with E-state index in [0.29, 0.717) is 5.56 Å². The molecule has 0 spiro atoms. The van der Waals surface area contributed by atoms with Gasteiger partial charge in [0.05, 0.1) is 27.8 Å². The molecule has 0 radical (unpaired) electrons. The Bertz CT molecular complexity index is 916. The fourth-order valence-corrected chi connectivity index (χ4v) is 2.12. The second-order valence-corrected chi connectivity index (χ2v) is 4.04. The number of hydrogen-bond acceptors (Lipinski definition) is 6. The largest absolute Gasteiger partial charge is 0.265 e. The minimum Gasteiger partial charge on any atom is -0.265 e. The summed E-state index contributed by atoms with van der Waals surface area (Å²) in [7, 11) is 0. The quantitative estimate of drug-likeness (QED) is 0.785. The van der Waals surface area contributed by atoms with Gasteiger partial charge in [-0.2, -0.15) is 26.3 Å². The highest BCUT2D eigenvalue weighted by Gasteiger charge is 2.25. The smallest absolute Gasteiger partial charge is 0.102 e. The third kappa shape index (κ3) is 1.99. The molecule has 6 nitrogen and oxygen atoms in total. The van der Waals surface area contributed by atoms with Crippen molar-refractivity contribution in [2.75, 3.05) is 0 Å². The highest BCUT2D eigenvalue weighted by Crippen LogP contribution is 2.34. The van der Waals surface area contributed by atoms with Crippen LogP contribution < -0.4 is 0 Å². The fourth-order valence-electron chi connectivity index (χ4n) is 2.12. The lowest BCUT2D eigenvalue weighted by Gasteiger charge is -2.11. The van der Waals surface area contributed by atoms with Crippen molar-refractivity contribution in [1.29, 1.82) is 26.3 Å². The summed E-state index contributed by atoms with van der Waals surface area (Å²) in [5, 5.41) is 46.5. The lowest BCUT2D eigenvalue weighted by molar-refractivity contribution is 1.31. The van der Waals surface area contributed by atoms with Crippen LogP contribution in [0.25, 0.3) is 11.1 Å². The molecule has 98 valence electrons. The third-order valence-corrected chi connectivity index (χ3v) is 3.03. The molecule has 1 aromatic heterocycles. The van der Waals surface area contributed by atoms with Crippen LogP contribution in [0, 0.1) is 56.7 Å². The number of aromatic nitrogens is 1. The zero-order valence-electron chi connectivity index (χ0n) is 11.0. The Balaban J connectivity index is 3.14. The topological polar surface area (TPSA) is 132 Å². The van der Waals surface area contributed by atoms with Crippen molar-refractivity contribution < 1.29 is 0 Å². The fraction of sp³-hybridized carbons (Fsp3) is 0. The third-order valence-electron chi connectivity index (χ3n) is 3.03. The van der Waals surface area contributed by atoms with Crippen LogP contribution in [0.5, 0.6) is 0 Å². The van der Waals surface area contributed by atoms with Gasteiger partial charge in [0.25, 0.3) is 0 Å². The van der Waals surface area contributed by atoms with E-state index < -0.39 is 0 Å². The molecule has 0 bridgehead atoms. The molecular weight excluding hydrogens is 276 g/mol. The van der Waals surface area contributed by atoms with Crippen molar-refractivity contribution in [2.45, 2.75) is 0 Å². The van der Waals surface area contributed by atoms with E-state index in [1.165, 1.54) is 12.4 Å². The molecule has 0 fully saturated rings. The van der Waals surface area contributed by atoms with Crippen molar-refractivity contribution in [3.63, 3.8) is 0 Å². The van der Waals surface area contributed by atoms with Gasteiger partial charge < -0.3 is 0 Å². The molecule has 1 heterocycles.